The van der Waals surface area contributed by atoms with Crippen LogP contribution in [-0.4, -0.2) is 35.8 Å². The molecule has 0 spiro atoms. The van der Waals surface area contributed by atoms with Gasteiger partial charge in [0.1, 0.15) is 0 Å². The molecule has 0 radical (unpaired) electrons. The van der Waals surface area contributed by atoms with Gasteiger partial charge in [0.15, 0.2) is 0 Å². The van der Waals surface area contributed by atoms with E-state index in [1.54, 1.807) is 18.2 Å². The average molecular weight is 374 g/mol. The van der Waals surface area contributed by atoms with Gasteiger partial charge in [0, 0.05) is 35.6 Å². The van der Waals surface area contributed by atoms with Gasteiger partial charge in [0.25, 0.3) is 5.91 Å². The summed E-state index contributed by atoms with van der Waals surface area (Å²) in [4.78, 5) is 25.6. The molecule has 1 N–H and O–H groups in total. The zero-order valence-corrected chi connectivity index (χ0v) is 14.2. The highest BCUT2D eigenvalue weighted by Gasteiger charge is 2.24. The highest BCUT2D eigenvalue weighted by molar-refractivity contribution is 9.10. The van der Waals surface area contributed by atoms with Crippen LogP contribution in [0.2, 0.25) is 5.02 Å². The van der Waals surface area contributed by atoms with Crippen molar-refractivity contribution in [2.75, 3.05) is 13.1 Å². The minimum Gasteiger partial charge on any atom is -0.353 e. The molecule has 1 aromatic carbocycles. The second kappa shape index (κ2) is 7.27. The lowest BCUT2D eigenvalue weighted by atomic mass is 10.0. The summed E-state index contributed by atoms with van der Waals surface area (Å²) in [5, 5.41) is 3.57. The highest BCUT2D eigenvalue weighted by atomic mass is 79.9. The number of carbonyl (C=O) groups is 2. The minimum atomic E-state index is 0.00707. The van der Waals surface area contributed by atoms with E-state index in [0.717, 1.165) is 17.3 Å². The predicted octanol–water partition coefficient (Wildman–Crippen LogP) is 3.23. The monoisotopic (exact) mass is 372 g/mol. The number of hydrogen-bond donors (Lipinski definition) is 1. The molecule has 0 atom stereocenters. The van der Waals surface area contributed by atoms with E-state index in [4.69, 9.17) is 11.6 Å². The summed E-state index contributed by atoms with van der Waals surface area (Å²) in [6.07, 6.45) is 2.09. The molecule has 2 amide bonds. The number of rotatable bonds is 3. The Kier molecular flexibility index (Phi) is 5.65. The van der Waals surface area contributed by atoms with Gasteiger partial charge in [-0.2, -0.15) is 0 Å². The fourth-order valence-electron chi connectivity index (χ4n) is 2.37. The first kappa shape index (κ1) is 16.3. The van der Waals surface area contributed by atoms with Crippen LogP contribution < -0.4 is 5.32 Å². The smallest absolute Gasteiger partial charge is 0.253 e. The van der Waals surface area contributed by atoms with Gasteiger partial charge < -0.3 is 10.2 Å². The van der Waals surface area contributed by atoms with E-state index < -0.39 is 0 Å². The lowest BCUT2D eigenvalue weighted by Crippen LogP contribution is -2.46. The topological polar surface area (TPSA) is 49.4 Å². The first-order valence-corrected chi connectivity index (χ1v) is 8.22. The molecular weight excluding hydrogens is 356 g/mol. The van der Waals surface area contributed by atoms with E-state index in [2.05, 4.69) is 21.2 Å². The van der Waals surface area contributed by atoms with Crippen LogP contribution in [0.5, 0.6) is 0 Å². The van der Waals surface area contributed by atoms with Crippen molar-refractivity contribution in [2.45, 2.75) is 32.2 Å². The third kappa shape index (κ3) is 4.20. The van der Waals surface area contributed by atoms with Crippen molar-refractivity contribution in [3.05, 3.63) is 33.3 Å². The quantitative estimate of drug-likeness (QED) is 0.884. The van der Waals surface area contributed by atoms with Crippen LogP contribution in [0.1, 0.15) is 36.5 Å². The average Bonchev–Trinajstić information content (AvgIpc) is 2.50. The maximum absolute atomic E-state index is 12.4. The van der Waals surface area contributed by atoms with Crippen LogP contribution in [0.15, 0.2) is 22.7 Å². The van der Waals surface area contributed by atoms with E-state index in [-0.39, 0.29) is 17.9 Å². The Morgan fingerprint density at radius 1 is 1.38 bits per heavy atom. The lowest BCUT2D eigenvalue weighted by Gasteiger charge is -2.32. The fourth-order valence-corrected chi connectivity index (χ4v) is 2.86. The summed E-state index contributed by atoms with van der Waals surface area (Å²) in [6, 6.07) is 5.38. The van der Waals surface area contributed by atoms with Crippen molar-refractivity contribution in [3.8, 4) is 0 Å². The maximum Gasteiger partial charge on any atom is 0.253 e. The van der Waals surface area contributed by atoms with Crippen LogP contribution in [0.3, 0.4) is 0 Å². The van der Waals surface area contributed by atoms with Gasteiger partial charge in [-0.1, -0.05) is 18.5 Å². The number of hydrogen-bond acceptors (Lipinski definition) is 2. The first-order chi connectivity index (χ1) is 10.0. The Labute approximate surface area is 138 Å². The first-order valence-electron chi connectivity index (χ1n) is 7.05. The third-order valence-electron chi connectivity index (χ3n) is 3.63. The molecule has 0 aliphatic carbocycles. The maximum atomic E-state index is 12.4. The number of halogens is 2. The lowest BCUT2D eigenvalue weighted by molar-refractivity contribution is -0.121. The van der Waals surface area contributed by atoms with Crippen LogP contribution in [-0.2, 0) is 4.79 Å². The number of nitrogens with one attached hydrogen (secondary N) is 1. The zero-order valence-electron chi connectivity index (χ0n) is 11.9. The van der Waals surface area contributed by atoms with Crippen LogP contribution in [0.25, 0.3) is 0 Å². The zero-order chi connectivity index (χ0) is 15.4. The molecule has 0 aromatic heterocycles. The van der Waals surface area contributed by atoms with Gasteiger partial charge >= 0.3 is 0 Å². The van der Waals surface area contributed by atoms with Crippen LogP contribution >= 0.6 is 27.5 Å². The number of likely N-dealkylation sites (tertiary alicyclic amines) is 1. The second-order valence-electron chi connectivity index (χ2n) is 5.12. The predicted molar refractivity (Wildman–Crippen MR) is 86.5 cm³/mol. The minimum absolute atomic E-state index is 0.00707. The number of piperidine rings is 1. The molecule has 1 saturated heterocycles. The summed E-state index contributed by atoms with van der Waals surface area (Å²) >= 11 is 9.27. The van der Waals surface area contributed by atoms with Crippen molar-refractivity contribution < 1.29 is 9.59 Å². The largest absolute Gasteiger partial charge is 0.353 e. The Balaban J connectivity index is 1.93. The second-order valence-corrected chi connectivity index (χ2v) is 6.38. The summed E-state index contributed by atoms with van der Waals surface area (Å²) in [5.74, 6) is 0.0778. The van der Waals surface area contributed by atoms with E-state index in [1.165, 1.54) is 0 Å². The number of amides is 2. The van der Waals surface area contributed by atoms with Gasteiger partial charge in [-0.3, -0.25) is 9.59 Å². The Morgan fingerprint density at radius 3 is 2.62 bits per heavy atom. The normalized spacial score (nSPS) is 15.9. The van der Waals surface area contributed by atoms with Gasteiger partial charge in [-0.05, 0) is 47.0 Å². The molecular formula is C15H18BrClN2O2. The third-order valence-corrected chi connectivity index (χ3v) is 4.85. The number of benzene rings is 1. The summed E-state index contributed by atoms with van der Waals surface area (Å²) in [5.41, 5.74) is 0.627. The number of nitrogens with zero attached hydrogens (tertiary/aromatic N) is 1. The molecule has 21 heavy (non-hydrogen) atoms. The van der Waals surface area contributed by atoms with Crippen molar-refractivity contribution in [2.24, 2.45) is 0 Å². The summed E-state index contributed by atoms with van der Waals surface area (Å²) < 4.78 is 0.722. The SMILES string of the molecule is CCC(=O)NC1CCN(C(=O)c2ccc(Cl)c(Br)c2)CC1. The van der Waals surface area contributed by atoms with Gasteiger partial charge in [0.05, 0.1) is 5.02 Å². The molecule has 1 aliphatic heterocycles. The molecule has 1 fully saturated rings. The van der Waals surface area contributed by atoms with Crippen molar-refractivity contribution in [3.63, 3.8) is 0 Å². The summed E-state index contributed by atoms with van der Waals surface area (Å²) in [7, 11) is 0. The molecule has 0 saturated carbocycles. The molecule has 2 rings (SSSR count). The molecule has 0 bridgehead atoms. The van der Waals surface area contributed by atoms with Gasteiger partial charge in [0.2, 0.25) is 5.91 Å². The summed E-state index contributed by atoms with van der Waals surface area (Å²) in [6.45, 7) is 3.16. The van der Waals surface area contributed by atoms with Crippen molar-refractivity contribution in [1.29, 1.82) is 0 Å². The van der Waals surface area contributed by atoms with E-state index in [9.17, 15) is 9.59 Å². The van der Waals surface area contributed by atoms with Crippen LogP contribution in [0, 0.1) is 0 Å². The van der Waals surface area contributed by atoms with E-state index >= 15 is 0 Å². The van der Waals surface area contributed by atoms with E-state index in [1.807, 2.05) is 11.8 Å². The Bertz CT molecular complexity index is 542. The van der Waals surface area contributed by atoms with Crippen molar-refractivity contribution in [1.82, 2.24) is 10.2 Å². The van der Waals surface area contributed by atoms with Crippen LogP contribution in [0.4, 0.5) is 0 Å². The molecule has 4 nitrogen and oxygen atoms in total. The Hall–Kier alpha value is -1.07. The molecule has 1 aliphatic rings. The molecule has 1 aromatic rings. The van der Waals surface area contributed by atoms with Crippen molar-refractivity contribution >= 4 is 39.3 Å². The van der Waals surface area contributed by atoms with E-state index in [0.29, 0.717) is 30.1 Å². The molecule has 6 heteroatoms. The molecule has 0 unspecified atom stereocenters. The Morgan fingerprint density at radius 2 is 2.05 bits per heavy atom. The highest BCUT2D eigenvalue weighted by Crippen LogP contribution is 2.24. The fraction of sp³-hybridized carbons (Fsp3) is 0.467. The molecule has 1 heterocycles. The molecule has 114 valence electrons. The number of carbonyl (C=O) groups excluding carboxylic acids is 2. The van der Waals surface area contributed by atoms with Gasteiger partial charge in [-0.15, -0.1) is 0 Å². The van der Waals surface area contributed by atoms with Gasteiger partial charge in [-0.25, -0.2) is 0 Å². The standard InChI is InChI=1S/C15H18BrClN2O2/c1-2-14(20)18-11-5-7-19(8-6-11)15(21)10-3-4-13(17)12(16)9-10/h3-4,9,11H,2,5-8H2,1H3,(H,18,20).